The molecule has 122 valence electrons. The number of benzene rings is 1. The van der Waals surface area contributed by atoms with Gasteiger partial charge in [0.1, 0.15) is 0 Å². The van der Waals surface area contributed by atoms with Crippen LogP contribution in [0.2, 0.25) is 0 Å². The third-order valence-electron chi connectivity index (χ3n) is 3.46. The summed E-state index contributed by atoms with van der Waals surface area (Å²) >= 11 is 1.57. The average molecular weight is 338 g/mol. The van der Waals surface area contributed by atoms with E-state index in [1.807, 2.05) is 35.2 Å². The monoisotopic (exact) mass is 338 g/mol. The molecule has 3 aromatic rings. The Balaban J connectivity index is 1.49. The molecule has 0 unspecified atom stereocenters. The molecular formula is C18H18N4OS. The van der Waals surface area contributed by atoms with Crippen LogP contribution in [0.25, 0.3) is 6.08 Å². The van der Waals surface area contributed by atoms with Crippen molar-refractivity contribution in [1.29, 1.82) is 0 Å². The lowest BCUT2D eigenvalue weighted by Crippen LogP contribution is -2.20. The van der Waals surface area contributed by atoms with Crippen LogP contribution in [0.15, 0.2) is 54.4 Å². The van der Waals surface area contributed by atoms with E-state index in [1.54, 1.807) is 29.9 Å². The number of rotatable bonds is 6. The van der Waals surface area contributed by atoms with Gasteiger partial charge in [0.25, 0.3) is 0 Å². The second-order valence-electron chi connectivity index (χ2n) is 5.39. The molecule has 0 atom stereocenters. The zero-order valence-electron chi connectivity index (χ0n) is 13.3. The first-order valence-electron chi connectivity index (χ1n) is 7.60. The average Bonchev–Trinajstić information content (AvgIpc) is 3.24. The van der Waals surface area contributed by atoms with Gasteiger partial charge < -0.3 is 9.88 Å². The smallest absolute Gasteiger partial charge is 0.244 e. The zero-order valence-corrected chi connectivity index (χ0v) is 14.2. The topological polar surface area (TPSA) is 59.8 Å². The summed E-state index contributed by atoms with van der Waals surface area (Å²) in [5.41, 5.74) is 3.08. The molecule has 0 spiro atoms. The molecule has 1 N–H and O–H groups in total. The summed E-state index contributed by atoms with van der Waals surface area (Å²) in [5, 5.41) is 5.80. The van der Waals surface area contributed by atoms with Crippen LogP contribution in [-0.4, -0.2) is 20.4 Å². The van der Waals surface area contributed by atoms with E-state index >= 15 is 0 Å². The molecule has 2 heterocycles. The number of carbonyl (C=O) groups excluding carboxylic acids is 1. The number of carbonyl (C=O) groups is 1. The van der Waals surface area contributed by atoms with E-state index in [4.69, 9.17) is 0 Å². The Morgan fingerprint density at radius 2 is 2.08 bits per heavy atom. The van der Waals surface area contributed by atoms with Crippen molar-refractivity contribution >= 4 is 23.3 Å². The number of nitrogens with one attached hydrogen (secondary N) is 1. The number of amides is 1. The number of aromatic nitrogens is 3. The summed E-state index contributed by atoms with van der Waals surface area (Å²) in [7, 11) is 0. The molecule has 1 aromatic carbocycles. The van der Waals surface area contributed by atoms with Gasteiger partial charge in [-0.15, -0.1) is 11.3 Å². The Hall–Kier alpha value is -2.73. The van der Waals surface area contributed by atoms with Crippen molar-refractivity contribution < 1.29 is 4.79 Å². The number of nitrogens with zero attached hydrogens (tertiary/aromatic N) is 3. The van der Waals surface area contributed by atoms with Gasteiger partial charge in [-0.3, -0.25) is 4.79 Å². The SMILES string of the molecule is Cc1nc(/C=C/C(=O)NCc2ccc(Cn3ccnc3)cc2)cs1. The first-order chi connectivity index (χ1) is 11.7. The lowest BCUT2D eigenvalue weighted by molar-refractivity contribution is -0.116. The van der Waals surface area contributed by atoms with Gasteiger partial charge in [-0.1, -0.05) is 24.3 Å². The van der Waals surface area contributed by atoms with Crippen molar-refractivity contribution in [2.24, 2.45) is 0 Å². The molecule has 1 amide bonds. The van der Waals surface area contributed by atoms with Crippen molar-refractivity contribution in [2.75, 3.05) is 0 Å². The van der Waals surface area contributed by atoms with E-state index in [0.29, 0.717) is 6.54 Å². The second-order valence-corrected chi connectivity index (χ2v) is 6.46. The van der Waals surface area contributed by atoms with Gasteiger partial charge in [0.2, 0.25) is 5.91 Å². The van der Waals surface area contributed by atoms with E-state index in [1.165, 1.54) is 11.6 Å². The van der Waals surface area contributed by atoms with Crippen LogP contribution in [0, 0.1) is 6.92 Å². The normalized spacial score (nSPS) is 11.0. The highest BCUT2D eigenvalue weighted by Gasteiger charge is 2.00. The molecule has 0 radical (unpaired) electrons. The van der Waals surface area contributed by atoms with Crippen LogP contribution in [0.3, 0.4) is 0 Å². The predicted octanol–water partition coefficient (Wildman–Crippen LogP) is 3.03. The predicted molar refractivity (Wildman–Crippen MR) is 95.5 cm³/mol. The Bertz CT molecular complexity index is 819. The number of thiazole rings is 1. The molecule has 0 aliphatic rings. The fourth-order valence-electron chi connectivity index (χ4n) is 2.22. The summed E-state index contributed by atoms with van der Waals surface area (Å²) in [6.07, 6.45) is 8.74. The van der Waals surface area contributed by atoms with Crippen molar-refractivity contribution in [2.45, 2.75) is 20.0 Å². The molecule has 6 heteroatoms. The Morgan fingerprint density at radius 1 is 1.29 bits per heavy atom. The molecule has 2 aromatic heterocycles. The standard InChI is InChI=1S/C18H18N4OS/c1-14-21-17(12-24-14)6-7-18(23)20-10-15-2-4-16(5-3-15)11-22-9-8-19-13-22/h2-9,12-13H,10-11H2,1H3,(H,20,23)/b7-6+. The second kappa shape index (κ2) is 7.70. The number of hydrogen-bond acceptors (Lipinski definition) is 4. The van der Waals surface area contributed by atoms with Crippen molar-refractivity contribution in [3.8, 4) is 0 Å². The Morgan fingerprint density at radius 3 is 2.75 bits per heavy atom. The molecular weight excluding hydrogens is 320 g/mol. The van der Waals surface area contributed by atoms with Gasteiger partial charge in [-0.2, -0.15) is 0 Å². The van der Waals surface area contributed by atoms with Gasteiger partial charge in [-0.25, -0.2) is 9.97 Å². The first-order valence-corrected chi connectivity index (χ1v) is 8.48. The molecule has 0 saturated heterocycles. The summed E-state index contributed by atoms with van der Waals surface area (Å²) in [4.78, 5) is 20.2. The van der Waals surface area contributed by atoms with Gasteiger partial charge >= 0.3 is 0 Å². The van der Waals surface area contributed by atoms with E-state index in [9.17, 15) is 4.79 Å². The third-order valence-corrected chi connectivity index (χ3v) is 4.25. The minimum absolute atomic E-state index is 0.122. The summed E-state index contributed by atoms with van der Waals surface area (Å²) in [5.74, 6) is -0.122. The van der Waals surface area contributed by atoms with Crippen molar-refractivity contribution in [3.05, 3.63) is 76.3 Å². The van der Waals surface area contributed by atoms with Crippen LogP contribution in [0.1, 0.15) is 21.8 Å². The van der Waals surface area contributed by atoms with Crippen LogP contribution in [-0.2, 0) is 17.9 Å². The highest BCUT2D eigenvalue weighted by Crippen LogP contribution is 2.09. The maximum Gasteiger partial charge on any atom is 0.244 e. The van der Waals surface area contributed by atoms with Gasteiger partial charge in [0.05, 0.1) is 17.0 Å². The molecule has 0 bridgehead atoms. The summed E-state index contributed by atoms with van der Waals surface area (Å²) in [6, 6.07) is 8.19. The fraction of sp³-hybridized carbons (Fsp3) is 0.167. The highest BCUT2D eigenvalue weighted by atomic mass is 32.1. The maximum absolute atomic E-state index is 11.8. The fourth-order valence-corrected chi connectivity index (χ4v) is 2.80. The van der Waals surface area contributed by atoms with E-state index < -0.39 is 0 Å². The number of aryl methyl sites for hydroxylation is 1. The van der Waals surface area contributed by atoms with E-state index in [-0.39, 0.29) is 5.91 Å². The van der Waals surface area contributed by atoms with Crippen LogP contribution < -0.4 is 5.32 Å². The largest absolute Gasteiger partial charge is 0.348 e. The molecule has 5 nitrogen and oxygen atoms in total. The van der Waals surface area contributed by atoms with E-state index in [2.05, 4.69) is 27.4 Å². The number of imidazole rings is 1. The van der Waals surface area contributed by atoms with Crippen LogP contribution in [0.4, 0.5) is 0 Å². The Labute approximate surface area is 144 Å². The first kappa shape index (κ1) is 16.1. The minimum Gasteiger partial charge on any atom is -0.348 e. The molecule has 0 aliphatic heterocycles. The minimum atomic E-state index is -0.122. The molecule has 0 fully saturated rings. The van der Waals surface area contributed by atoms with Crippen molar-refractivity contribution in [1.82, 2.24) is 19.9 Å². The van der Waals surface area contributed by atoms with E-state index in [0.717, 1.165) is 22.8 Å². The molecule has 0 aliphatic carbocycles. The quantitative estimate of drug-likeness (QED) is 0.703. The van der Waals surface area contributed by atoms with Crippen molar-refractivity contribution in [3.63, 3.8) is 0 Å². The lowest BCUT2D eigenvalue weighted by Gasteiger charge is -2.06. The molecule has 24 heavy (non-hydrogen) atoms. The zero-order chi connectivity index (χ0) is 16.8. The number of hydrogen-bond donors (Lipinski definition) is 1. The van der Waals surface area contributed by atoms with Gasteiger partial charge in [-0.05, 0) is 24.1 Å². The summed E-state index contributed by atoms with van der Waals surface area (Å²) < 4.78 is 2.02. The third kappa shape index (κ3) is 4.63. The van der Waals surface area contributed by atoms with Gasteiger partial charge in [0, 0.05) is 36.9 Å². The lowest BCUT2D eigenvalue weighted by atomic mass is 10.1. The van der Waals surface area contributed by atoms with Crippen LogP contribution >= 0.6 is 11.3 Å². The molecule has 0 saturated carbocycles. The van der Waals surface area contributed by atoms with Crippen LogP contribution in [0.5, 0.6) is 0 Å². The Kier molecular flexibility index (Phi) is 5.18. The maximum atomic E-state index is 11.8. The van der Waals surface area contributed by atoms with Gasteiger partial charge in [0.15, 0.2) is 0 Å². The highest BCUT2D eigenvalue weighted by molar-refractivity contribution is 7.09. The summed E-state index contributed by atoms with van der Waals surface area (Å²) in [6.45, 7) is 3.24. The molecule has 3 rings (SSSR count).